The summed E-state index contributed by atoms with van der Waals surface area (Å²) >= 11 is 6.45. The Labute approximate surface area is 210 Å². The fraction of sp³-hybridized carbons (Fsp3) is 0.348. The van der Waals surface area contributed by atoms with Crippen LogP contribution in [0, 0.1) is 0 Å². The number of esters is 1. The van der Waals surface area contributed by atoms with Gasteiger partial charge in [0.15, 0.2) is 5.82 Å². The summed E-state index contributed by atoms with van der Waals surface area (Å²) < 4.78 is 99.5. The average molecular weight is 550 g/mol. The molecule has 3 aromatic rings. The predicted octanol–water partition coefficient (Wildman–Crippen LogP) is 6.08. The van der Waals surface area contributed by atoms with Crippen LogP contribution in [0.2, 0.25) is 5.02 Å². The number of carbonyl (C=O) groups is 1. The Kier molecular flexibility index (Phi) is 7.12. The van der Waals surface area contributed by atoms with Crippen molar-refractivity contribution < 1.29 is 45.3 Å². The van der Waals surface area contributed by atoms with E-state index in [9.17, 15) is 31.1 Å². The number of carbonyl (C=O) groups excluding carboxylic acids is 1. The number of nitrogens with zero attached hydrogens (tertiary/aromatic N) is 3. The minimum Gasteiger partial charge on any atom is -0.495 e. The van der Waals surface area contributed by atoms with Crippen LogP contribution >= 0.6 is 11.6 Å². The molecule has 0 saturated carbocycles. The fourth-order valence-electron chi connectivity index (χ4n) is 4.01. The van der Waals surface area contributed by atoms with E-state index in [1.54, 1.807) is 0 Å². The van der Waals surface area contributed by atoms with Crippen LogP contribution in [-0.4, -0.2) is 34.5 Å². The molecule has 0 aliphatic carbocycles. The highest BCUT2D eigenvalue weighted by Gasteiger charge is 2.44. The number of methoxy groups -OCH3 is 1. The van der Waals surface area contributed by atoms with Crippen molar-refractivity contribution in [1.29, 1.82) is 0 Å². The van der Waals surface area contributed by atoms with E-state index in [0.717, 1.165) is 6.07 Å². The molecule has 0 radical (unpaired) electrons. The zero-order valence-electron chi connectivity index (χ0n) is 19.2. The van der Waals surface area contributed by atoms with Crippen LogP contribution in [0.4, 0.5) is 26.3 Å². The average Bonchev–Trinajstić information content (AvgIpc) is 3.22. The molecule has 198 valence electrons. The molecule has 0 spiro atoms. The van der Waals surface area contributed by atoms with Crippen LogP contribution in [0.15, 0.2) is 36.4 Å². The van der Waals surface area contributed by atoms with Crippen molar-refractivity contribution in [3.05, 3.63) is 69.8 Å². The summed E-state index contributed by atoms with van der Waals surface area (Å²) in [4.78, 5) is 12.3. The first kappa shape index (κ1) is 26.7. The molecular weight excluding hydrogens is 532 g/mol. The van der Waals surface area contributed by atoms with E-state index in [-0.39, 0.29) is 34.2 Å². The number of halogens is 7. The Morgan fingerprint density at radius 3 is 2.43 bits per heavy atom. The van der Waals surface area contributed by atoms with Gasteiger partial charge in [0.2, 0.25) is 5.82 Å². The van der Waals surface area contributed by atoms with Gasteiger partial charge >= 0.3 is 18.3 Å². The van der Waals surface area contributed by atoms with E-state index >= 15 is 0 Å². The Bertz CT molecular complexity index is 1320. The van der Waals surface area contributed by atoms with Gasteiger partial charge in [-0.25, -0.2) is 0 Å². The normalized spacial score (nSPS) is 17.5. The van der Waals surface area contributed by atoms with E-state index in [1.807, 2.05) is 0 Å². The van der Waals surface area contributed by atoms with Gasteiger partial charge < -0.3 is 14.2 Å². The van der Waals surface area contributed by atoms with Crippen LogP contribution < -0.4 is 4.74 Å². The monoisotopic (exact) mass is 549 g/mol. The van der Waals surface area contributed by atoms with Gasteiger partial charge in [0.1, 0.15) is 18.0 Å². The Morgan fingerprint density at radius 2 is 1.81 bits per heavy atom. The second kappa shape index (κ2) is 9.86. The molecular formula is C23H18ClF6N3O4. The lowest BCUT2D eigenvalue weighted by Gasteiger charge is -2.24. The molecule has 0 saturated heterocycles. The summed E-state index contributed by atoms with van der Waals surface area (Å²) in [7, 11) is 1.31. The van der Waals surface area contributed by atoms with Crippen LogP contribution in [0.5, 0.6) is 5.75 Å². The third-order valence-electron chi connectivity index (χ3n) is 5.56. The zero-order chi connectivity index (χ0) is 27.1. The number of fused-ring (bicyclic) bond motifs is 3. The van der Waals surface area contributed by atoms with Crippen molar-refractivity contribution in [3.8, 4) is 11.4 Å². The molecule has 4 rings (SSSR count). The van der Waals surface area contributed by atoms with E-state index in [0.29, 0.717) is 16.7 Å². The van der Waals surface area contributed by atoms with Gasteiger partial charge in [-0.15, -0.1) is 10.2 Å². The molecule has 2 aromatic carbocycles. The van der Waals surface area contributed by atoms with Crippen LogP contribution in [0.25, 0.3) is 5.69 Å². The second-order valence-electron chi connectivity index (χ2n) is 7.86. The number of hydrogen-bond acceptors (Lipinski definition) is 6. The van der Waals surface area contributed by atoms with Gasteiger partial charge in [0, 0.05) is 11.1 Å². The minimum absolute atomic E-state index is 0.0215. The molecule has 0 N–H and O–H groups in total. The highest BCUT2D eigenvalue weighted by atomic mass is 35.5. The summed E-state index contributed by atoms with van der Waals surface area (Å²) in [6.45, 7) is 1.51. The molecule has 2 heterocycles. The third kappa shape index (κ3) is 5.10. The highest BCUT2D eigenvalue weighted by Crippen LogP contribution is 2.47. The second-order valence-corrected chi connectivity index (χ2v) is 8.24. The van der Waals surface area contributed by atoms with Crippen molar-refractivity contribution in [2.24, 2.45) is 0 Å². The van der Waals surface area contributed by atoms with Gasteiger partial charge in [0.25, 0.3) is 0 Å². The van der Waals surface area contributed by atoms with Crippen LogP contribution in [0.1, 0.15) is 53.9 Å². The topological polar surface area (TPSA) is 75.5 Å². The van der Waals surface area contributed by atoms with E-state index in [2.05, 4.69) is 10.2 Å². The van der Waals surface area contributed by atoms with Crippen molar-refractivity contribution in [1.82, 2.24) is 14.8 Å². The standard InChI is InChI=1S/C23H18ClF6N3O4/c1-3-36-17(34)10-16-20-31-32-21(23(28,29)30)33(20)14-8-7-11(22(25,26)27)9-13(14)19(37-16)12-5-4-6-15(35-2)18(12)24/h4-9,16,19H,3,10H2,1-2H3/t16-,19-/m1/s1. The first-order chi connectivity index (χ1) is 17.4. The number of rotatable bonds is 5. The van der Waals surface area contributed by atoms with Crippen LogP contribution in [-0.2, 0) is 26.6 Å². The lowest BCUT2D eigenvalue weighted by atomic mass is 9.97. The molecule has 0 unspecified atom stereocenters. The lowest BCUT2D eigenvalue weighted by molar-refractivity contribution is -0.147. The molecule has 1 aromatic heterocycles. The Morgan fingerprint density at radius 1 is 1.08 bits per heavy atom. The van der Waals surface area contributed by atoms with Gasteiger partial charge in [0.05, 0.1) is 36.4 Å². The molecule has 0 amide bonds. The summed E-state index contributed by atoms with van der Waals surface area (Å²) in [5.41, 5.74) is -1.66. The van der Waals surface area contributed by atoms with E-state index in [1.165, 1.54) is 32.2 Å². The molecule has 37 heavy (non-hydrogen) atoms. The van der Waals surface area contributed by atoms with Gasteiger partial charge in [-0.2, -0.15) is 26.3 Å². The smallest absolute Gasteiger partial charge is 0.452 e. The number of hydrogen-bond donors (Lipinski definition) is 0. The molecule has 2 atom stereocenters. The zero-order valence-corrected chi connectivity index (χ0v) is 19.9. The maximum atomic E-state index is 13.9. The number of ether oxygens (including phenoxy) is 3. The number of alkyl halides is 6. The maximum absolute atomic E-state index is 13.9. The van der Waals surface area contributed by atoms with Gasteiger partial charge in [-0.05, 0) is 31.2 Å². The van der Waals surface area contributed by atoms with Crippen molar-refractivity contribution in [2.45, 2.75) is 37.9 Å². The van der Waals surface area contributed by atoms with Crippen LogP contribution in [0.3, 0.4) is 0 Å². The first-order valence-electron chi connectivity index (χ1n) is 10.7. The molecule has 1 aliphatic heterocycles. The number of benzene rings is 2. The lowest BCUT2D eigenvalue weighted by Crippen LogP contribution is -2.18. The summed E-state index contributed by atoms with van der Waals surface area (Å²) in [6.07, 6.45) is -13.4. The third-order valence-corrected chi connectivity index (χ3v) is 5.97. The van der Waals surface area contributed by atoms with E-state index < -0.39 is 54.2 Å². The largest absolute Gasteiger partial charge is 0.495 e. The summed E-state index contributed by atoms with van der Waals surface area (Å²) in [6, 6.07) is 6.59. The fourth-order valence-corrected chi connectivity index (χ4v) is 4.31. The van der Waals surface area contributed by atoms with Crippen molar-refractivity contribution >= 4 is 17.6 Å². The van der Waals surface area contributed by atoms with Crippen molar-refractivity contribution in [3.63, 3.8) is 0 Å². The minimum atomic E-state index is -5.03. The molecule has 7 nitrogen and oxygen atoms in total. The maximum Gasteiger partial charge on any atom is 0.452 e. The Hall–Kier alpha value is -3.32. The molecule has 1 aliphatic rings. The molecule has 0 fully saturated rings. The number of aromatic nitrogens is 3. The highest BCUT2D eigenvalue weighted by molar-refractivity contribution is 6.32. The Balaban J connectivity index is 2.03. The van der Waals surface area contributed by atoms with Gasteiger partial charge in [-0.3, -0.25) is 9.36 Å². The quantitative estimate of drug-likeness (QED) is 0.284. The summed E-state index contributed by atoms with van der Waals surface area (Å²) in [5, 5.41) is 6.79. The predicted molar refractivity (Wildman–Crippen MR) is 116 cm³/mol. The van der Waals surface area contributed by atoms with Crippen molar-refractivity contribution in [2.75, 3.05) is 13.7 Å². The molecule has 14 heteroatoms. The first-order valence-corrected chi connectivity index (χ1v) is 11.1. The SMILES string of the molecule is CCOC(=O)C[C@H]1O[C@H](c2cccc(OC)c2Cl)c2cc(C(F)(F)F)ccc2-n2c1nnc2C(F)(F)F. The summed E-state index contributed by atoms with van der Waals surface area (Å²) in [5.74, 6) is -2.62. The van der Waals surface area contributed by atoms with E-state index in [4.69, 9.17) is 25.8 Å². The van der Waals surface area contributed by atoms with Gasteiger partial charge in [-0.1, -0.05) is 23.7 Å². The molecule has 0 bridgehead atoms.